The van der Waals surface area contributed by atoms with Crippen molar-refractivity contribution in [2.45, 2.75) is 39.4 Å². The molecule has 3 nitrogen and oxygen atoms in total. The van der Waals surface area contributed by atoms with E-state index in [1.165, 1.54) is 0 Å². The molecule has 0 saturated heterocycles. The molecule has 0 saturated carbocycles. The van der Waals surface area contributed by atoms with Crippen LogP contribution in [0.25, 0.3) is 0 Å². The molecule has 0 aliphatic carbocycles. The molecule has 3 heteroatoms. The second-order valence-electron chi connectivity index (χ2n) is 3.20. The zero-order valence-electron chi connectivity index (χ0n) is 8.96. The SMILES string of the molecule is CCC(C#N)(CC)CC(OC)OC. The smallest absolute Gasteiger partial charge is 0.158 e. The fraction of sp³-hybridized carbons (Fsp3) is 0.900. The summed E-state index contributed by atoms with van der Waals surface area (Å²) in [7, 11) is 3.20. The summed E-state index contributed by atoms with van der Waals surface area (Å²) in [5.74, 6) is 0. The first kappa shape index (κ1) is 12.4. The Morgan fingerprint density at radius 2 is 1.69 bits per heavy atom. The quantitative estimate of drug-likeness (QED) is 0.596. The van der Waals surface area contributed by atoms with Crippen molar-refractivity contribution in [2.75, 3.05) is 14.2 Å². The highest BCUT2D eigenvalue weighted by Gasteiger charge is 2.29. The summed E-state index contributed by atoms with van der Waals surface area (Å²) in [6.07, 6.45) is 2.05. The predicted molar refractivity (Wildman–Crippen MR) is 51.1 cm³/mol. The number of rotatable bonds is 6. The van der Waals surface area contributed by atoms with E-state index in [2.05, 4.69) is 6.07 Å². The fourth-order valence-corrected chi connectivity index (χ4v) is 1.32. The number of nitrogens with zero attached hydrogens (tertiary/aromatic N) is 1. The van der Waals surface area contributed by atoms with Crippen molar-refractivity contribution < 1.29 is 9.47 Å². The normalized spacial score (nSPS) is 11.7. The van der Waals surface area contributed by atoms with Gasteiger partial charge in [-0.2, -0.15) is 5.26 Å². The zero-order valence-corrected chi connectivity index (χ0v) is 8.96. The number of hydrogen-bond acceptors (Lipinski definition) is 3. The van der Waals surface area contributed by atoms with E-state index in [0.717, 1.165) is 12.8 Å². The highest BCUT2D eigenvalue weighted by molar-refractivity contribution is 4.97. The van der Waals surface area contributed by atoms with Gasteiger partial charge < -0.3 is 9.47 Å². The third kappa shape index (κ3) is 3.33. The van der Waals surface area contributed by atoms with Gasteiger partial charge in [-0.05, 0) is 12.8 Å². The molecular weight excluding hydrogens is 166 g/mol. The second kappa shape index (κ2) is 5.95. The minimum atomic E-state index is -0.295. The zero-order chi connectivity index (χ0) is 10.3. The van der Waals surface area contributed by atoms with E-state index in [-0.39, 0.29) is 11.7 Å². The first-order chi connectivity index (χ1) is 6.17. The van der Waals surface area contributed by atoms with Gasteiger partial charge in [-0.1, -0.05) is 13.8 Å². The molecule has 76 valence electrons. The third-order valence-corrected chi connectivity index (χ3v) is 2.67. The monoisotopic (exact) mass is 185 g/mol. The van der Waals surface area contributed by atoms with Gasteiger partial charge in [-0.3, -0.25) is 0 Å². The van der Waals surface area contributed by atoms with Crippen LogP contribution in [0.3, 0.4) is 0 Å². The number of nitriles is 1. The Morgan fingerprint density at radius 1 is 1.23 bits per heavy atom. The van der Waals surface area contributed by atoms with Crippen molar-refractivity contribution >= 4 is 0 Å². The molecule has 0 radical (unpaired) electrons. The molecule has 0 aromatic rings. The van der Waals surface area contributed by atoms with Gasteiger partial charge in [0.25, 0.3) is 0 Å². The minimum absolute atomic E-state index is 0.264. The van der Waals surface area contributed by atoms with Crippen LogP contribution >= 0.6 is 0 Å². The topological polar surface area (TPSA) is 42.2 Å². The summed E-state index contributed by atoms with van der Waals surface area (Å²) in [6.45, 7) is 4.05. The molecule has 0 heterocycles. The van der Waals surface area contributed by atoms with E-state index in [1.54, 1.807) is 14.2 Å². The van der Waals surface area contributed by atoms with Crippen LogP contribution in [0.5, 0.6) is 0 Å². The lowest BCUT2D eigenvalue weighted by atomic mass is 9.80. The van der Waals surface area contributed by atoms with E-state index in [9.17, 15) is 0 Å². The fourth-order valence-electron chi connectivity index (χ4n) is 1.32. The van der Waals surface area contributed by atoms with Crippen LogP contribution in [-0.2, 0) is 9.47 Å². The highest BCUT2D eigenvalue weighted by atomic mass is 16.7. The van der Waals surface area contributed by atoms with Gasteiger partial charge in [0.1, 0.15) is 0 Å². The molecule has 0 fully saturated rings. The molecule has 0 N–H and O–H groups in total. The van der Waals surface area contributed by atoms with Crippen LogP contribution in [0.4, 0.5) is 0 Å². The molecule has 0 unspecified atom stereocenters. The molecule has 0 bridgehead atoms. The van der Waals surface area contributed by atoms with Gasteiger partial charge in [0.2, 0.25) is 0 Å². The standard InChI is InChI=1S/C10H19NO2/c1-5-10(6-2,8-11)7-9(12-3)13-4/h9H,5-7H2,1-4H3. The summed E-state index contributed by atoms with van der Waals surface area (Å²) in [5.41, 5.74) is -0.295. The Balaban J connectivity index is 4.33. The summed E-state index contributed by atoms with van der Waals surface area (Å²) >= 11 is 0. The van der Waals surface area contributed by atoms with Gasteiger partial charge in [0, 0.05) is 20.6 Å². The summed E-state index contributed by atoms with van der Waals surface area (Å²) in [4.78, 5) is 0. The van der Waals surface area contributed by atoms with Gasteiger partial charge >= 0.3 is 0 Å². The second-order valence-corrected chi connectivity index (χ2v) is 3.20. The maximum absolute atomic E-state index is 9.06. The Morgan fingerprint density at radius 3 is 1.92 bits per heavy atom. The first-order valence-electron chi connectivity index (χ1n) is 4.64. The molecule has 0 aliphatic rings. The van der Waals surface area contributed by atoms with Crippen LogP contribution < -0.4 is 0 Å². The van der Waals surface area contributed by atoms with Crippen molar-refractivity contribution in [3.8, 4) is 6.07 Å². The minimum Gasteiger partial charge on any atom is -0.356 e. The molecule has 0 aromatic carbocycles. The maximum atomic E-state index is 9.06. The van der Waals surface area contributed by atoms with Crippen LogP contribution in [0.1, 0.15) is 33.1 Å². The van der Waals surface area contributed by atoms with Crippen molar-refractivity contribution in [3.05, 3.63) is 0 Å². The van der Waals surface area contributed by atoms with Crippen LogP contribution in [0.15, 0.2) is 0 Å². The summed E-state index contributed by atoms with van der Waals surface area (Å²) in [5, 5.41) is 9.06. The average Bonchev–Trinajstić information content (AvgIpc) is 2.21. The number of hydrogen-bond donors (Lipinski definition) is 0. The first-order valence-corrected chi connectivity index (χ1v) is 4.64. The molecule has 0 atom stereocenters. The van der Waals surface area contributed by atoms with Crippen LogP contribution in [0.2, 0.25) is 0 Å². The average molecular weight is 185 g/mol. The largest absolute Gasteiger partial charge is 0.356 e. The Kier molecular flexibility index (Phi) is 5.68. The Hall–Kier alpha value is -0.590. The summed E-state index contributed by atoms with van der Waals surface area (Å²) < 4.78 is 10.2. The van der Waals surface area contributed by atoms with E-state index in [1.807, 2.05) is 13.8 Å². The van der Waals surface area contributed by atoms with Gasteiger partial charge in [-0.25, -0.2) is 0 Å². The van der Waals surface area contributed by atoms with Gasteiger partial charge in [0.05, 0.1) is 11.5 Å². The molecule has 0 amide bonds. The molecule has 13 heavy (non-hydrogen) atoms. The third-order valence-electron chi connectivity index (χ3n) is 2.67. The molecule has 0 spiro atoms. The predicted octanol–water partition coefficient (Wildman–Crippen LogP) is 2.33. The van der Waals surface area contributed by atoms with Crippen LogP contribution in [-0.4, -0.2) is 20.5 Å². The molecule has 0 aliphatic heterocycles. The van der Waals surface area contributed by atoms with E-state index in [0.29, 0.717) is 6.42 Å². The Labute approximate surface area is 80.6 Å². The van der Waals surface area contributed by atoms with Gasteiger partial charge in [-0.15, -0.1) is 0 Å². The van der Waals surface area contributed by atoms with Crippen molar-refractivity contribution in [3.63, 3.8) is 0 Å². The lowest BCUT2D eigenvalue weighted by Gasteiger charge is -2.26. The highest BCUT2D eigenvalue weighted by Crippen LogP contribution is 2.31. The van der Waals surface area contributed by atoms with Gasteiger partial charge in [0.15, 0.2) is 6.29 Å². The summed E-state index contributed by atoms with van der Waals surface area (Å²) in [6, 6.07) is 2.35. The van der Waals surface area contributed by atoms with E-state index >= 15 is 0 Å². The van der Waals surface area contributed by atoms with Crippen LogP contribution in [0, 0.1) is 16.7 Å². The number of methoxy groups -OCH3 is 2. The van der Waals surface area contributed by atoms with Crippen molar-refractivity contribution in [1.82, 2.24) is 0 Å². The Bertz CT molecular complexity index is 166. The molecule has 0 aromatic heterocycles. The number of ether oxygens (including phenoxy) is 2. The lowest BCUT2D eigenvalue weighted by molar-refractivity contribution is -0.120. The van der Waals surface area contributed by atoms with Crippen molar-refractivity contribution in [1.29, 1.82) is 5.26 Å². The van der Waals surface area contributed by atoms with E-state index < -0.39 is 0 Å². The maximum Gasteiger partial charge on any atom is 0.158 e. The molecule has 0 rings (SSSR count). The molecular formula is C10H19NO2. The van der Waals surface area contributed by atoms with E-state index in [4.69, 9.17) is 14.7 Å². The lowest BCUT2D eigenvalue weighted by Crippen LogP contribution is -2.26. The van der Waals surface area contributed by atoms with Crippen molar-refractivity contribution in [2.24, 2.45) is 5.41 Å².